The van der Waals surface area contributed by atoms with E-state index in [1.165, 1.54) is 11.8 Å². The van der Waals surface area contributed by atoms with Gasteiger partial charge in [0.1, 0.15) is 5.78 Å². The Kier molecular flexibility index (Phi) is 7.09. The summed E-state index contributed by atoms with van der Waals surface area (Å²) in [5.41, 5.74) is 0. The number of carbonyl (C=O) groups excluding carboxylic acids is 3. The van der Waals surface area contributed by atoms with Crippen LogP contribution in [0.1, 0.15) is 39.5 Å². The molecule has 2 amide bonds. The standard InChI is InChI=1S/C12H19NO3/c1-4-12(16)13(11(3)15)9-7-5-6-8-10(2)14/h4H,1,5-9H2,2-3H3. The molecule has 0 aromatic rings. The molecule has 0 aliphatic rings. The molecule has 4 nitrogen and oxygen atoms in total. The third kappa shape index (κ3) is 6.11. The van der Waals surface area contributed by atoms with Crippen LogP contribution in [0, 0.1) is 0 Å². The average molecular weight is 225 g/mol. The molecule has 0 radical (unpaired) electrons. The molecule has 0 N–H and O–H groups in total. The zero-order chi connectivity index (χ0) is 12.6. The predicted molar refractivity (Wildman–Crippen MR) is 61.7 cm³/mol. The summed E-state index contributed by atoms with van der Waals surface area (Å²) in [6.45, 7) is 6.66. The van der Waals surface area contributed by atoms with Gasteiger partial charge in [0.05, 0.1) is 0 Å². The highest BCUT2D eigenvalue weighted by Gasteiger charge is 2.13. The SMILES string of the molecule is C=CC(=O)N(CCCCCC(C)=O)C(C)=O. The van der Waals surface area contributed by atoms with Crippen molar-refractivity contribution in [2.45, 2.75) is 39.5 Å². The summed E-state index contributed by atoms with van der Waals surface area (Å²) in [7, 11) is 0. The Morgan fingerprint density at radius 1 is 1.12 bits per heavy atom. The van der Waals surface area contributed by atoms with Crippen LogP contribution in [-0.4, -0.2) is 29.0 Å². The first kappa shape index (κ1) is 14.6. The number of Topliss-reactive ketones (excluding diaryl/α,β-unsaturated/α-hetero) is 1. The number of nitrogens with zero attached hydrogens (tertiary/aromatic N) is 1. The van der Waals surface area contributed by atoms with Gasteiger partial charge in [-0.25, -0.2) is 0 Å². The summed E-state index contributed by atoms with van der Waals surface area (Å²) in [5, 5.41) is 0. The Labute approximate surface area is 96.3 Å². The highest BCUT2D eigenvalue weighted by atomic mass is 16.2. The van der Waals surface area contributed by atoms with Crippen molar-refractivity contribution in [2.75, 3.05) is 6.54 Å². The van der Waals surface area contributed by atoms with E-state index >= 15 is 0 Å². The summed E-state index contributed by atoms with van der Waals surface area (Å²) < 4.78 is 0. The molecule has 0 unspecified atom stereocenters. The van der Waals surface area contributed by atoms with Gasteiger partial charge < -0.3 is 4.79 Å². The van der Waals surface area contributed by atoms with Crippen LogP contribution in [0.25, 0.3) is 0 Å². The fourth-order valence-corrected chi connectivity index (χ4v) is 1.35. The normalized spacial score (nSPS) is 9.62. The minimum atomic E-state index is -0.362. The van der Waals surface area contributed by atoms with E-state index in [0.717, 1.165) is 25.3 Å². The summed E-state index contributed by atoms with van der Waals surface area (Å²) in [6, 6.07) is 0. The van der Waals surface area contributed by atoms with E-state index in [2.05, 4.69) is 6.58 Å². The molecule has 0 saturated carbocycles. The molecule has 16 heavy (non-hydrogen) atoms. The highest BCUT2D eigenvalue weighted by Crippen LogP contribution is 2.03. The van der Waals surface area contributed by atoms with Gasteiger partial charge in [-0.2, -0.15) is 0 Å². The summed E-state index contributed by atoms with van der Waals surface area (Å²) in [4.78, 5) is 34.2. The van der Waals surface area contributed by atoms with Gasteiger partial charge in [0, 0.05) is 19.9 Å². The van der Waals surface area contributed by atoms with E-state index in [1.807, 2.05) is 0 Å². The van der Waals surface area contributed by atoms with Crippen molar-refractivity contribution in [1.29, 1.82) is 0 Å². The molecule has 0 atom stereocenters. The second kappa shape index (κ2) is 7.79. The monoisotopic (exact) mass is 225 g/mol. The number of unbranched alkanes of at least 4 members (excludes halogenated alkanes) is 2. The third-order valence-electron chi connectivity index (χ3n) is 2.23. The van der Waals surface area contributed by atoms with Gasteiger partial charge in [-0.3, -0.25) is 14.5 Å². The van der Waals surface area contributed by atoms with Gasteiger partial charge in [-0.15, -0.1) is 0 Å². The van der Waals surface area contributed by atoms with Crippen molar-refractivity contribution in [1.82, 2.24) is 4.90 Å². The number of hydrogen-bond donors (Lipinski definition) is 0. The topological polar surface area (TPSA) is 54.5 Å². The zero-order valence-corrected chi connectivity index (χ0v) is 9.99. The van der Waals surface area contributed by atoms with Crippen LogP contribution in [0.15, 0.2) is 12.7 Å². The fourth-order valence-electron chi connectivity index (χ4n) is 1.35. The second-order valence-corrected chi connectivity index (χ2v) is 3.73. The van der Waals surface area contributed by atoms with Crippen molar-refractivity contribution in [3.8, 4) is 0 Å². The van der Waals surface area contributed by atoms with Gasteiger partial charge in [0.2, 0.25) is 5.91 Å². The molecular formula is C12H19NO3. The van der Waals surface area contributed by atoms with Crippen LogP contribution < -0.4 is 0 Å². The number of rotatable bonds is 7. The highest BCUT2D eigenvalue weighted by molar-refractivity contribution is 5.99. The van der Waals surface area contributed by atoms with Gasteiger partial charge in [0.25, 0.3) is 5.91 Å². The maximum absolute atomic E-state index is 11.3. The molecule has 0 spiro atoms. The lowest BCUT2D eigenvalue weighted by atomic mass is 10.1. The molecule has 0 saturated heterocycles. The van der Waals surface area contributed by atoms with Crippen molar-refractivity contribution < 1.29 is 14.4 Å². The van der Waals surface area contributed by atoms with Gasteiger partial charge in [-0.05, 0) is 25.8 Å². The van der Waals surface area contributed by atoms with Gasteiger partial charge in [-0.1, -0.05) is 13.0 Å². The summed E-state index contributed by atoms with van der Waals surface area (Å²) >= 11 is 0. The molecule has 4 heteroatoms. The van der Waals surface area contributed by atoms with E-state index in [1.54, 1.807) is 6.92 Å². The van der Waals surface area contributed by atoms with Gasteiger partial charge >= 0.3 is 0 Å². The quantitative estimate of drug-likeness (QED) is 0.489. The number of hydrogen-bond acceptors (Lipinski definition) is 3. The Hall–Kier alpha value is -1.45. The van der Waals surface area contributed by atoms with E-state index in [0.29, 0.717) is 13.0 Å². The number of amides is 2. The third-order valence-corrected chi connectivity index (χ3v) is 2.23. The van der Waals surface area contributed by atoms with Crippen molar-refractivity contribution in [3.63, 3.8) is 0 Å². The van der Waals surface area contributed by atoms with E-state index < -0.39 is 0 Å². The molecule has 0 aliphatic heterocycles. The van der Waals surface area contributed by atoms with Crippen LogP contribution in [-0.2, 0) is 14.4 Å². The van der Waals surface area contributed by atoms with Crippen LogP contribution in [0.3, 0.4) is 0 Å². The Balaban J connectivity index is 3.86. The number of ketones is 1. The zero-order valence-electron chi connectivity index (χ0n) is 9.99. The molecule has 0 fully saturated rings. The van der Waals surface area contributed by atoms with E-state index in [4.69, 9.17) is 0 Å². The molecule has 0 rings (SSSR count). The lowest BCUT2D eigenvalue weighted by molar-refractivity contribution is -0.140. The molecule has 90 valence electrons. The maximum atomic E-state index is 11.3. The van der Waals surface area contributed by atoms with Crippen LogP contribution in [0.2, 0.25) is 0 Å². The van der Waals surface area contributed by atoms with E-state index in [-0.39, 0.29) is 17.6 Å². The average Bonchev–Trinajstić information content (AvgIpc) is 2.21. The van der Waals surface area contributed by atoms with Crippen LogP contribution >= 0.6 is 0 Å². The lowest BCUT2D eigenvalue weighted by Crippen LogP contribution is -2.34. The molecule has 0 heterocycles. The number of carbonyl (C=O) groups is 3. The minimum absolute atomic E-state index is 0.172. The second-order valence-electron chi connectivity index (χ2n) is 3.73. The largest absolute Gasteiger partial charge is 0.300 e. The first-order valence-electron chi connectivity index (χ1n) is 5.43. The lowest BCUT2D eigenvalue weighted by Gasteiger charge is -2.16. The first-order chi connectivity index (χ1) is 7.49. The number of imide groups is 1. The maximum Gasteiger partial charge on any atom is 0.252 e. The Bertz CT molecular complexity index is 284. The van der Waals surface area contributed by atoms with Crippen LogP contribution in [0.4, 0.5) is 0 Å². The molecule has 0 aromatic heterocycles. The molecule has 0 bridgehead atoms. The van der Waals surface area contributed by atoms with Gasteiger partial charge in [0.15, 0.2) is 0 Å². The first-order valence-corrected chi connectivity index (χ1v) is 5.43. The molecule has 0 aromatic carbocycles. The van der Waals surface area contributed by atoms with E-state index in [9.17, 15) is 14.4 Å². The van der Waals surface area contributed by atoms with Crippen molar-refractivity contribution in [3.05, 3.63) is 12.7 Å². The minimum Gasteiger partial charge on any atom is -0.300 e. The Morgan fingerprint density at radius 2 is 1.75 bits per heavy atom. The summed E-state index contributed by atoms with van der Waals surface area (Å²) in [5.74, 6) is -0.457. The smallest absolute Gasteiger partial charge is 0.252 e. The predicted octanol–water partition coefficient (Wildman–Crippen LogP) is 1.70. The molecular weight excluding hydrogens is 206 g/mol. The van der Waals surface area contributed by atoms with Crippen molar-refractivity contribution in [2.24, 2.45) is 0 Å². The summed E-state index contributed by atoms with van der Waals surface area (Å²) in [6.07, 6.45) is 4.08. The fraction of sp³-hybridized carbons (Fsp3) is 0.583. The van der Waals surface area contributed by atoms with Crippen LogP contribution in [0.5, 0.6) is 0 Å². The van der Waals surface area contributed by atoms with Crippen molar-refractivity contribution >= 4 is 17.6 Å². The molecule has 0 aliphatic carbocycles. The Morgan fingerprint density at radius 3 is 2.19 bits per heavy atom.